The van der Waals surface area contributed by atoms with E-state index in [1.54, 1.807) is 0 Å². The summed E-state index contributed by atoms with van der Waals surface area (Å²) in [5, 5.41) is 16.9. The lowest BCUT2D eigenvalue weighted by Crippen LogP contribution is -2.45. The van der Waals surface area contributed by atoms with E-state index in [9.17, 15) is 31.4 Å². The number of rotatable bonds is 8. The highest BCUT2D eigenvalue weighted by Gasteiger charge is 2.45. The molecule has 2 N–H and O–H groups in total. The standard InChI is InChI=1S/C15H15F6N3O2/c1-8(26-6-15(20,21)13(18)19)14(25,5-12-22-7-23-24-12)10-3-2-9(16)4-11(10)17/h2-4,7-8,13,25H,5-6H2,1H3,(H,22,23,24). The van der Waals surface area contributed by atoms with Crippen molar-refractivity contribution in [3.8, 4) is 0 Å². The van der Waals surface area contributed by atoms with Gasteiger partial charge in [-0.3, -0.25) is 5.10 Å². The van der Waals surface area contributed by atoms with Gasteiger partial charge in [-0.1, -0.05) is 6.07 Å². The van der Waals surface area contributed by atoms with Gasteiger partial charge in [-0.15, -0.1) is 0 Å². The van der Waals surface area contributed by atoms with Gasteiger partial charge in [0, 0.05) is 18.1 Å². The number of hydrogen-bond donors (Lipinski definition) is 2. The van der Waals surface area contributed by atoms with Crippen LogP contribution in [0.1, 0.15) is 18.3 Å². The van der Waals surface area contributed by atoms with Gasteiger partial charge in [0.2, 0.25) is 0 Å². The van der Waals surface area contributed by atoms with E-state index < -0.39 is 54.3 Å². The number of aromatic nitrogens is 3. The van der Waals surface area contributed by atoms with Crippen molar-refractivity contribution >= 4 is 0 Å². The molecule has 2 unspecified atom stereocenters. The summed E-state index contributed by atoms with van der Waals surface area (Å²) in [5.74, 6) is -6.50. The van der Waals surface area contributed by atoms with Gasteiger partial charge in [-0.2, -0.15) is 13.9 Å². The average molecular weight is 383 g/mol. The van der Waals surface area contributed by atoms with Gasteiger partial charge in [0.25, 0.3) is 0 Å². The van der Waals surface area contributed by atoms with E-state index in [2.05, 4.69) is 15.2 Å². The Balaban J connectivity index is 2.33. The largest absolute Gasteiger partial charge is 0.382 e. The second kappa shape index (κ2) is 7.62. The van der Waals surface area contributed by atoms with Crippen LogP contribution in [-0.2, 0) is 16.8 Å². The highest BCUT2D eigenvalue weighted by molar-refractivity contribution is 5.27. The molecule has 5 nitrogen and oxygen atoms in total. The Labute approximate surface area is 144 Å². The molecular weight excluding hydrogens is 368 g/mol. The Bertz CT molecular complexity index is 728. The van der Waals surface area contributed by atoms with Crippen molar-refractivity contribution in [1.29, 1.82) is 0 Å². The van der Waals surface area contributed by atoms with Crippen LogP contribution >= 0.6 is 0 Å². The van der Waals surface area contributed by atoms with E-state index in [0.717, 1.165) is 25.4 Å². The van der Waals surface area contributed by atoms with Crippen molar-refractivity contribution in [2.45, 2.75) is 37.4 Å². The van der Waals surface area contributed by atoms with E-state index in [0.29, 0.717) is 6.07 Å². The lowest BCUT2D eigenvalue weighted by atomic mass is 9.85. The van der Waals surface area contributed by atoms with E-state index in [-0.39, 0.29) is 5.82 Å². The fourth-order valence-electron chi connectivity index (χ4n) is 2.31. The molecule has 26 heavy (non-hydrogen) atoms. The van der Waals surface area contributed by atoms with Gasteiger partial charge >= 0.3 is 12.3 Å². The van der Waals surface area contributed by atoms with Crippen molar-refractivity contribution in [2.24, 2.45) is 0 Å². The molecule has 2 rings (SSSR count). The Morgan fingerprint density at radius 1 is 1.27 bits per heavy atom. The molecule has 144 valence electrons. The maximum atomic E-state index is 14.2. The second-order valence-corrected chi connectivity index (χ2v) is 5.67. The Morgan fingerprint density at radius 2 is 1.96 bits per heavy atom. The minimum absolute atomic E-state index is 0.0484. The molecule has 1 heterocycles. The third-order valence-electron chi connectivity index (χ3n) is 3.82. The quantitative estimate of drug-likeness (QED) is 0.688. The molecule has 0 radical (unpaired) electrons. The van der Waals surface area contributed by atoms with Crippen LogP contribution in [0, 0.1) is 11.6 Å². The van der Waals surface area contributed by atoms with Gasteiger partial charge in [0.1, 0.15) is 36.0 Å². The number of nitrogens with zero attached hydrogens (tertiary/aromatic N) is 2. The van der Waals surface area contributed by atoms with Crippen LogP contribution in [0.5, 0.6) is 0 Å². The maximum absolute atomic E-state index is 14.2. The van der Waals surface area contributed by atoms with Crippen molar-refractivity contribution in [3.05, 3.63) is 47.5 Å². The summed E-state index contributed by atoms with van der Waals surface area (Å²) >= 11 is 0. The zero-order chi connectivity index (χ0) is 19.5. The number of benzene rings is 1. The summed E-state index contributed by atoms with van der Waals surface area (Å²) in [6.45, 7) is -0.603. The predicted molar refractivity (Wildman–Crippen MR) is 76.7 cm³/mol. The second-order valence-electron chi connectivity index (χ2n) is 5.67. The number of nitrogens with one attached hydrogen (secondary N) is 1. The monoisotopic (exact) mass is 383 g/mol. The molecule has 0 aliphatic rings. The Morgan fingerprint density at radius 3 is 2.50 bits per heavy atom. The predicted octanol–water partition coefficient (Wildman–Crippen LogP) is 2.82. The summed E-state index contributed by atoms with van der Waals surface area (Å²) in [7, 11) is 0. The molecule has 1 aromatic carbocycles. The van der Waals surface area contributed by atoms with Crippen LogP contribution in [0.15, 0.2) is 24.5 Å². The number of H-pyrrole nitrogens is 1. The van der Waals surface area contributed by atoms with E-state index in [1.165, 1.54) is 0 Å². The van der Waals surface area contributed by atoms with Crippen molar-refractivity contribution < 1.29 is 36.2 Å². The summed E-state index contributed by atoms with van der Waals surface area (Å²) in [4.78, 5) is 3.75. The molecule has 0 fully saturated rings. The molecule has 0 saturated carbocycles. The van der Waals surface area contributed by atoms with Crippen LogP contribution in [0.25, 0.3) is 0 Å². The van der Waals surface area contributed by atoms with Crippen LogP contribution in [-0.4, -0.2) is 45.3 Å². The molecule has 2 atom stereocenters. The van der Waals surface area contributed by atoms with Crippen LogP contribution in [0.4, 0.5) is 26.3 Å². The summed E-state index contributed by atoms with van der Waals surface area (Å²) < 4.78 is 82.8. The molecular formula is C15H15F6N3O2. The number of alkyl halides is 4. The number of ether oxygens (including phenoxy) is 1. The zero-order valence-corrected chi connectivity index (χ0v) is 13.4. The first-order valence-electron chi connectivity index (χ1n) is 7.36. The van der Waals surface area contributed by atoms with E-state index in [4.69, 9.17) is 4.74 Å². The van der Waals surface area contributed by atoms with Gasteiger partial charge in [-0.05, 0) is 13.0 Å². The van der Waals surface area contributed by atoms with E-state index in [1.807, 2.05) is 0 Å². The summed E-state index contributed by atoms with van der Waals surface area (Å²) in [6.07, 6.45) is -4.93. The summed E-state index contributed by atoms with van der Waals surface area (Å²) in [5.41, 5.74) is -2.78. The molecule has 1 aromatic heterocycles. The van der Waals surface area contributed by atoms with Crippen LogP contribution in [0.2, 0.25) is 0 Å². The van der Waals surface area contributed by atoms with Crippen LogP contribution in [0.3, 0.4) is 0 Å². The lowest BCUT2D eigenvalue weighted by molar-refractivity contribution is -0.198. The van der Waals surface area contributed by atoms with Crippen molar-refractivity contribution in [1.82, 2.24) is 15.2 Å². The third-order valence-corrected chi connectivity index (χ3v) is 3.82. The molecule has 2 aromatic rings. The third kappa shape index (κ3) is 4.33. The molecule has 0 bridgehead atoms. The zero-order valence-electron chi connectivity index (χ0n) is 13.4. The molecule has 0 amide bonds. The summed E-state index contributed by atoms with van der Waals surface area (Å²) in [6, 6.07) is 2.25. The maximum Gasteiger partial charge on any atom is 0.330 e. The molecule has 0 spiro atoms. The number of aromatic amines is 1. The fourth-order valence-corrected chi connectivity index (χ4v) is 2.31. The number of aliphatic hydroxyl groups is 1. The van der Waals surface area contributed by atoms with Gasteiger partial charge in [0.05, 0.1) is 6.10 Å². The normalized spacial score (nSPS) is 15.9. The minimum Gasteiger partial charge on any atom is -0.382 e. The first-order chi connectivity index (χ1) is 12.1. The van der Waals surface area contributed by atoms with Gasteiger partial charge < -0.3 is 9.84 Å². The minimum atomic E-state index is -4.46. The highest BCUT2D eigenvalue weighted by Crippen LogP contribution is 2.34. The lowest BCUT2D eigenvalue weighted by Gasteiger charge is -2.34. The van der Waals surface area contributed by atoms with Gasteiger partial charge in [0.15, 0.2) is 0 Å². The highest BCUT2D eigenvalue weighted by atomic mass is 19.3. The Kier molecular flexibility index (Phi) is 5.91. The molecule has 0 saturated heterocycles. The van der Waals surface area contributed by atoms with E-state index >= 15 is 0 Å². The Hall–Kier alpha value is -2.14. The van der Waals surface area contributed by atoms with Crippen molar-refractivity contribution in [2.75, 3.05) is 6.61 Å². The first-order valence-corrected chi connectivity index (χ1v) is 7.36. The number of hydrogen-bond acceptors (Lipinski definition) is 4. The van der Waals surface area contributed by atoms with Gasteiger partial charge in [-0.25, -0.2) is 22.5 Å². The smallest absolute Gasteiger partial charge is 0.330 e. The average Bonchev–Trinajstić information content (AvgIpc) is 3.04. The first kappa shape index (κ1) is 20.2. The van der Waals surface area contributed by atoms with Crippen LogP contribution < -0.4 is 0 Å². The van der Waals surface area contributed by atoms with Crippen molar-refractivity contribution in [3.63, 3.8) is 0 Å². The molecule has 0 aliphatic heterocycles. The fraction of sp³-hybridized carbons (Fsp3) is 0.467. The molecule has 0 aliphatic carbocycles. The SMILES string of the molecule is CC(OCC(F)(F)C(F)F)C(O)(Cc1ncn[nH]1)c1ccc(F)cc1F. The molecule has 11 heteroatoms. The number of halogens is 6. The topological polar surface area (TPSA) is 71.0 Å².